The van der Waals surface area contributed by atoms with E-state index in [1.807, 2.05) is 9.80 Å². The fourth-order valence-electron chi connectivity index (χ4n) is 9.03. The number of nitrogens with zero attached hydrogens (tertiary/aromatic N) is 5. The summed E-state index contributed by atoms with van der Waals surface area (Å²) >= 11 is 0. The van der Waals surface area contributed by atoms with Crippen molar-refractivity contribution in [3.05, 3.63) is 53.1 Å². The summed E-state index contributed by atoms with van der Waals surface area (Å²) in [5.41, 5.74) is 1.80. The van der Waals surface area contributed by atoms with Crippen LogP contribution >= 0.6 is 0 Å². The van der Waals surface area contributed by atoms with Crippen molar-refractivity contribution in [2.45, 2.75) is 77.0 Å². The first-order valence-electron chi connectivity index (χ1n) is 20.6. The van der Waals surface area contributed by atoms with Crippen LogP contribution in [0.4, 0.5) is 11.4 Å². The molecule has 0 saturated carbocycles. The molecule has 0 aromatic heterocycles. The fraction of sp³-hybridized carbons (Fsp3) is 0.643. The Hall–Kier alpha value is -3.67. The van der Waals surface area contributed by atoms with Crippen LogP contribution in [0.2, 0.25) is 0 Å². The van der Waals surface area contributed by atoms with Gasteiger partial charge in [0.15, 0.2) is 0 Å². The summed E-state index contributed by atoms with van der Waals surface area (Å²) in [6.07, 6.45) is 13.8. The lowest BCUT2D eigenvalue weighted by molar-refractivity contribution is 0.0671. The number of benzene rings is 2. The molecule has 11 heteroatoms. The first-order valence-corrected chi connectivity index (χ1v) is 20.6. The minimum atomic E-state index is -1.09. The Morgan fingerprint density at radius 1 is 0.604 bits per heavy atom. The highest BCUT2D eigenvalue weighted by atomic mass is 16.5. The molecule has 2 amide bonds. The highest BCUT2D eigenvalue weighted by Gasteiger charge is 2.29. The number of ether oxygens (including phenoxy) is 1. The maximum Gasteiger partial charge on any atom is 0.337 e. The number of hydrogen-bond acceptors (Lipinski definition) is 8. The Morgan fingerprint density at radius 3 is 1.68 bits per heavy atom. The maximum atomic E-state index is 14.2. The molecule has 5 saturated heterocycles. The molecule has 5 aliphatic heterocycles. The Morgan fingerprint density at radius 2 is 1.13 bits per heavy atom. The second-order valence-electron chi connectivity index (χ2n) is 16.1. The lowest BCUT2D eigenvalue weighted by atomic mass is 9.92. The first-order chi connectivity index (χ1) is 25.9. The number of rotatable bonds is 14. The van der Waals surface area contributed by atoms with E-state index in [0.29, 0.717) is 59.9 Å². The maximum absolute atomic E-state index is 14.2. The molecule has 0 unspecified atom stereocenters. The number of likely N-dealkylation sites (tertiary alicyclic amines) is 5. The zero-order valence-corrected chi connectivity index (χ0v) is 31.6. The van der Waals surface area contributed by atoms with E-state index in [4.69, 9.17) is 4.74 Å². The van der Waals surface area contributed by atoms with Crippen molar-refractivity contribution in [3.8, 4) is 5.75 Å². The van der Waals surface area contributed by atoms with Gasteiger partial charge in [0.2, 0.25) is 0 Å². The SMILES string of the molecule is O=C(O)c1cc(OCN2CCCC2)ccc1Nc1cc(C(=O)N2CCC(CCN3CCCC3)CC2)ccc1C(=O)N1CCC(CCN2CCCC2)CC1. The van der Waals surface area contributed by atoms with Crippen LogP contribution in [0.5, 0.6) is 5.75 Å². The number of nitrogens with one attached hydrogen (secondary N) is 1. The van der Waals surface area contributed by atoms with E-state index in [9.17, 15) is 19.5 Å². The summed E-state index contributed by atoms with van der Waals surface area (Å²) in [6, 6.07) is 10.3. The number of aromatic carboxylic acids is 1. The third-order valence-electron chi connectivity index (χ3n) is 12.5. The Labute approximate surface area is 315 Å². The molecule has 0 bridgehead atoms. The number of carboxylic acid groups (broad SMARTS) is 1. The molecular weight excluding hydrogens is 668 g/mol. The van der Waals surface area contributed by atoms with Crippen LogP contribution in [0.25, 0.3) is 0 Å². The van der Waals surface area contributed by atoms with Crippen LogP contribution in [-0.2, 0) is 0 Å². The third-order valence-corrected chi connectivity index (χ3v) is 12.5. The molecule has 5 aliphatic rings. The molecule has 0 atom stereocenters. The minimum Gasteiger partial charge on any atom is -0.478 e. The van der Waals surface area contributed by atoms with Gasteiger partial charge in [-0.25, -0.2) is 4.79 Å². The smallest absolute Gasteiger partial charge is 0.337 e. The van der Waals surface area contributed by atoms with E-state index in [1.54, 1.807) is 30.3 Å². The van der Waals surface area contributed by atoms with Crippen molar-refractivity contribution in [3.63, 3.8) is 0 Å². The molecule has 0 radical (unpaired) electrons. The molecule has 7 rings (SSSR count). The van der Waals surface area contributed by atoms with E-state index >= 15 is 0 Å². The number of carboxylic acids is 1. The number of carbonyl (C=O) groups is 3. The molecule has 0 aliphatic carbocycles. The second kappa shape index (κ2) is 18.1. The summed E-state index contributed by atoms with van der Waals surface area (Å²) in [4.78, 5) is 51.9. The van der Waals surface area contributed by atoms with Crippen LogP contribution in [0, 0.1) is 11.8 Å². The van der Waals surface area contributed by atoms with E-state index in [2.05, 4.69) is 20.0 Å². The zero-order valence-electron chi connectivity index (χ0n) is 31.6. The largest absolute Gasteiger partial charge is 0.478 e. The van der Waals surface area contributed by atoms with Crippen LogP contribution in [-0.4, -0.2) is 133 Å². The number of piperidine rings is 2. The van der Waals surface area contributed by atoms with Gasteiger partial charge in [-0.3, -0.25) is 14.5 Å². The molecule has 2 N–H and O–H groups in total. The van der Waals surface area contributed by atoms with E-state index in [-0.39, 0.29) is 17.4 Å². The van der Waals surface area contributed by atoms with Crippen molar-refractivity contribution in [1.29, 1.82) is 0 Å². The molecule has 2 aromatic rings. The molecule has 5 heterocycles. The van der Waals surface area contributed by atoms with Gasteiger partial charge in [0, 0.05) is 44.8 Å². The molecule has 11 nitrogen and oxygen atoms in total. The van der Waals surface area contributed by atoms with Crippen LogP contribution in [0.15, 0.2) is 36.4 Å². The monoisotopic (exact) mass is 728 g/mol. The lowest BCUT2D eigenvalue weighted by Crippen LogP contribution is -2.40. The normalized spacial score (nSPS) is 21.1. The standard InChI is InChI=1S/C42H60N6O5/c49-40(47-25-13-32(14-26-47)11-23-44-17-1-2-18-44)34-7-9-36(41(50)48-27-15-33(16-28-48)12-24-45-19-3-4-20-45)39(29-34)43-38-10-8-35(30-37(38)42(51)52)53-31-46-21-5-6-22-46/h7-10,29-30,32-33,43H,1-6,11-28,31H2,(H,51,52). The van der Waals surface area contributed by atoms with Crippen molar-refractivity contribution >= 4 is 29.2 Å². The Balaban J connectivity index is 1.05. The molecule has 288 valence electrons. The van der Waals surface area contributed by atoms with E-state index in [0.717, 1.165) is 77.8 Å². The molecule has 53 heavy (non-hydrogen) atoms. The highest BCUT2D eigenvalue weighted by Crippen LogP contribution is 2.32. The predicted octanol–water partition coefficient (Wildman–Crippen LogP) is 6.24. The summed E-state index contributed by atoms with van der Waals surface area (Å²) in [6.45, 7) is 12.4. The zero-order chi connectivity index (χ0) is 36.6. The Kier molecular flexibility index (Phi) is 12.9. The summed E-state index contributed by atoms with van der Waals surface area (Å²) in [5, 5.41) is 13.6. The van der Waals surface area contributed by atoms with Crippen LogP contribution < -0.4 is 10.1 Å². The van der Waals surface area contributed by atoms with Crippen molar-refractivity contribution in [2.75, 3.05) is 90.6 Å². The van der Waals surface area contributed by atoms with Gasteiger partial charge in [0.1, 0.15) is 12.5 Å². The quantitative estimate of drug-likeness (QED) is 0.234. The Bertz CT molecular complexity index is 1550. The van der Waals surface area contributed by atoms with E-state index < -0.39 is 5.97 Å². The summed E-state index contributed by atoms with van der Waals surface area (Å²) in [5.74, 6) is 0.502. The van der Waals surface area contributed by atoms with Gasteiger partial charge < -0.3 is 34.8 Å². The molecular formula is C42H60N6O5. The molecule has 0 spiro atoms. The predicted molar refractivity (Wildman–Crippen MR) is 207 cm³/mol. The highest BCUT2D eigenvalue weighted by molar-refractivity contribution is 6.04. The van der Waals surface area contributed by atoms with Gasteiger partial charge in [0.05, 0.1) is 22.5 Å². The number of hydrogen-bond donors (Lipinski definition) is 2. The topological polar surface area (TPSA) is 109 Å². The van der Waals surface area contributed by atoms with Gasteiger partial charge in [-0.05, 0) is 165 Å². The minimum absolute atomic E-state index is 0.0482. The number of amides is 2. The van der Waals surface area contributed by atoms with Gasteiger partial charge in [-0.1, -0.05) is 0 Å². The van der Waals surface area contributed by atoms with Gasteiger partial charge in [-0.2, -0.15) is 0 Å². The second-order valence-corrected chi connectivity index (χ2v) is 16.1. The molecule has 2 aromatic carbocycles. The lowest BCUT2D eigenvalue weighted by Gasteiger charge is -2.34. The molecule has 5 fully saturated rings. The van der Waals surface area contributed by atoms with Gasteiger partial charge >= 0.3 is 5.97 Å². The average Bonchev–Trinajstić information content (AvgIpc) is 4.01. The first kappa shape index (κ1) is 37.6. The number of carbonyl (C=O) groups excluding carboxylic acids is 2. The van der Waals surface area contributed by atoms with E-state index in [1.165, 1.54) is 70.8 Å². The van der Waals surface area contributed by atoms with Crippen molar-refractivity contribution in [2.24, 2.45) is 11.8 Å². The summed E-state index contributed by atoms with van der Waals surface area (Å²) < 4.78 is 5.97. The van der Waals surface area contributed by atoms with Crippen molar-refractivity contribution < 1.29 is 24.2 Å². The third kappa shape index (κ3) is 9.91. The van der Waals surface area contributed by atoms with Crippen molar-refractivity contribution in [1.82, 2.24) is 24.5 Å². The fourth-order valence-corrected chi connectivity index (χ4v) is 9.03. The number of anilines is 2. The van der Waals surface area contributed by atoms with Gasteiger partial charge in [-0.15, -0.1) is 0 Å². The average molecular weight is 729 g/mol. The van der Waals surface area contributed by atoms with Crippen LogP contribution in [0.3, 0.4) is 0 Å². The van der Waals surface area contributed by atoms with Gasteiger partial charge in [0.25, 0.3) is 11.8 Å². The summed E-state index contributed by atoms with van der Waals surface area (Å²) in [7, 11) is 0. The van der Waals surface area contributed by atoms with Crippen LogP contribution in [0.1, 0.15) is 108 Å².